The molecule has 0 radical (unpaired) electrons. The van der Waals surface area contributed by atoms with E-state index in [0.717, 1.165) is 4.47 Å². The van der Waals surface area contributed by atoms with Crippen LogP contribution in [0.15, 0.2) is 47.1 Å². The van der Waals surface area contributed by atoms with Gasteiger partial charge in [0.05, 0.1) is 6.61 Å². The summed E-state index contributed by atoms with van der Waals surface area (Å²) in [6.45, 7) is 0.979. The Kier molecular flexibility index (Phi) is 8.04. The smallest absolute Gasteiger partial charge is 0.251 e. The number of nitrogens with zero attached hydrogens (tertiary/aromatic N) is 1. The number of benzene rings is 1. The van der Waals surface area contributed by atoms with Crippen LogP contribution < -0.4 is 15.4 Å². The lowest BCUT2D eigenvalue weighted by Crippen LogP contribution is -2.27. The lowest BCUT2D eigenvalue weighted by molar-refractivity contribution is -0.116. The molecular weight excluding hydrogens is 402 g/mol. The maximum atomic E-state index is 12.1. The van der Waals surface area contributed by atoms with Crippen LogP contribution in [0.4, 0.5) is 5.69 Å². The number of carbonyl (C=O) groups excluding carboxylic acids is 2. The number of aromatic nitrogens is 1. The predicted octanol–water partition coefficient (Wildman–Crippen LogP) is 2.63. The largest absolute Gasteiger partial charge is 0.474 e. The van der Waals surface area contributed by atoms with Crippen molar-refractivity contribution in [3.8, 4) is 5.88 Å². The standard InChI is InChI=1S/C18H20BrN3O4/c1-25-11-12-26-18-15(3-2-9-21-18)22-16(23)8-10-20-17(24)13-4-6-14(19)7-5-13/h2-7,9H,8,10-12H2,1H3,(H,20,24)(H,22,23). The van der Waals surface area contributed by atoms with E-state index >= 15 is 0 Å². The number of methoxy groups -OCH3 is 1. The van der Waals surface area contributed by atoms with Crippen LogP contribution in [0.1, 0.15) is 16.8 Å². The van der Waals surface area contributed by atoms with Crippen molar-refractivity contribution in [2.75, 3.05) is 32.2 Å². The maximum absolute atomic E-state index is 12.1. The third-order valence-corrected chi connectivity index (χ3v) is 3.84. The third kappa shape index (κ3) is 6.45. The molecule has 0 unspecified atom stereocenters. The monoisotopic (exact) mass is 421 g/mol. The molecule has 0 aliphatic carbocycles. The van der Waals surface area contributed by atoms with Gasteiger partial charge in [-0.05, 0) is 36.4 Å². The Morgan fingerprint density at radius 1 is 1.15 bits per heavy atom. The molecule has 2 aromatic rings. The Labute approximate surface area is 160 Å². The third-order valence-electron chi connectivity index (χ3n) is 3.32. The summed E-state index contributed by atoms with van der Waals surface area (Å²) in [5, 5.41) is 5.45. The molecule has 8 heteroatoms. The fourth-order valence-corrected chi connectivity index (χ4v) is 2.29. The van der Waals surface area contributed by atoms with Gasteiger partial charge in [0.2, 0.25) is 11.8 Å². The van der Waals surface area contributed by atoms with Crippen molar-refractivity contribution in [1.82, 2.24) is 10.3 Å². The zero-order chi connectivity index (χ0) is 18.8. The van der Waals surface area contributed by atoms with Gasteiger partial charge in [0, 0.05) is 36.3 Å². The molecule has 2 amide bonds. The molecule has 0 aliphatic heterocycles. The summed E-state index contributed by atoms with van der Waals surface area (Å²) in [7, 11) is 1.58. The Hall–Kier alpha value is -2.45. The molecule has 0 bridgehead atoms. The summed E-state index contributed by atoms with van der Waals surface area (Å²) in [5.74, 6) is -0.141. The second-order valence-electron chi connectivity index (χ2n) is 5.26. The maximum Gasteiger partial charge on any atom is 0.251 e. The highest BCUT2D eigenvalue weighted by Crippen LogP contribution is 2.20. The molecule has 0 saturated carbocycles. The molecule has 26 heavy (non-hydrogen) atoms. The zero-order valence-corrected chi connectivity index (χ0v) is 15.9. The summed E-state index contributed by atoms with van der Waals surface area (Å²) < 4.78 is 11.3. The Morgan fingerprint density at radius 2 is 1.92 bits per heavy atom. The molecule has 0 aliphatic rings. The molecule has 1 aromatic heterocycles. The van der Waals surface area contributed by atoms with Gasteiger partial charge in [0.25, 0.3) is 5.91 Å². The minimum Gasteiger partial charge on any atom is -0.474 e. The summed E-state index contributed by atoms with van der Waals surface area (Å²) in [6, 6.07) is 10.4. The molecule has 0 spiro atoms. The van der Waals surface area contributed by atoms with E-state index in [4.69, 9.17) is 9.47 Å². The summed E-state index contributed by atoms with van der Waals surface area (Å²) >= 11 is 3.32. The molecule has 0 atom stereocenters. The number of amides is 2. The summed E-state index contributed by atoms with van der Waals surface area (Å²) in [5.41, 5.74) is 1.02. The number of halogens is 1. The normalized spacial score (nSPS) is 10.2. The predicted molar refractivity (Wildman–Crippen MR) is 101 cm³/mol. The molecule has 138 valence electrons. The van der Waals surface area contributed by atoms with Crippen LogP contribution >= 0.6 is 15.9 Å². The first kappa shape index (κ1) is 19.9. The number of ether oxygens (including phenoxy) is 2. The molecule has 0 saturated heterocycles. The summed E-state index contributed by atoms with van der Waals surface area (Å²) in [4.78, 5) is 28.2. The van der Waals surface area contributed by atoms with E-state index in [1.807, 2.05) is 0 Å². The number of anilines is 1. The van der Waals surface area contributed by atoms with Crippen molar-refractivity contribution in [3.63, 3.8) is 0 Å². The highest BCUT2D eigenvalue weighted by atomic mass is 79.9. The highest BCUT2D eigenvalue weighted by Gasteiger charge is 2.10. The molecule has 2 rings (SSSR count). The lowest BCUT2D eigenvalue weighted by Gasteiger charge is -2.11. The quantitative estimate of drug-likeness (QED) is 0.607. The first-order chi connectivity index (χ1) is 12.6. The van der Waals surface area contributed by atoms with Crippen LogP contribution in [0.25, 0.3) is 0 Å². The van der Waals surface area contributed by atoms with Gasteiger partial charge in [-0.2, -0.15) is 0 Å². The van der Waals surface area contributed by atoms with E-state index in [1.54, 1.807) is 49.7 Å². The fraction of sp³-hybridized carbons (Fsp3) is 0.278. The second kappa shape index (κ2) is 10.5. The lowest BCUT2D eigenvalue weighted by atomic mass is 10.2. The average Bonchev–Trinajstić information content (AvgIpc) is 2.64. The Bertz CT molecular complexity index is 737. The van der Waals surface area contributed by atoms with Crippen molar-refractivity contribution in [1.29, 1.82) is 0 Å². The van der Waals surface area contributed by atoms with Crippen LogP contribution in [0.5, 0.6) is 5.88 Å². The van der Waals surface area contributed by atoms with E-state index < -0.39 is 0 Å². The molecule has 7 nitrogen and oxygen atoms in total. The van der Waals surface area contributed by atoms with E-state index in [2.05, 4.69) is 31.5 Å². The van der Waals surface area contributed by atoms with E-state index in [0.29, 0.717) is 30.3 Å². The number of nitrogens with one attached hydrogen (secondary N) is 2. The van der Waals surface area contributed by atoms with Gasteiger partial charge in [-0.15, -0.1) is 0 Å². The molecule has 0 fully saturated rings. The number of rotatable bonds is 9. The minimum atomic E-state index is -0.245. The molecular formula is C18H20BrN3O4. The van der Waals surface area contributed by atoms with Gasteiger partial charge >= 0.3 is 0 Å². The van der Waals surface area contributed by atoms with Gasteiger partial charge in [-0.3, -0.25) is 9.59 Å². The van der Waals surface area contributed by atoms with Crippen molar-refractivity contribution >= 4 is 33.4 Å². The van der Waals surface area contributed by atoms with Crippen LogP contribution in [0.3, 0.4) is 0 Å². The van der Waals surface area contributed by atoms with Gasteiger partial charge in [0.15, 0.2) is 0 Å². The van der Waals surface area contributed by atoms with Gasteiger partial charge < -0.3 is 20.1 Å². The van der Waals surface area contributed by atoms with Crippen molar-refractivity contribution in [2.24, 2.45) is 0 Å². The second-order valence-corrected chi connectivity index (χ2v) is 6.17. The molecule has 1 heterocycles. The first-order valence-corrected chi connectivity index (χ1v) is 8.80. The topological polar surface area (TPSA) is 89.6 Å². The van der Waals surface area contributed by atoms with E-state index in [-0.39, 0.29) is 24.8 Å². The van der Waals surface area contributed by atoms with Crippen molar-refractivity contribution < 1.29 is 19.1 Å². The Morgan fingerprint density at radius 3 is 2.65 bits per heavy atom. The molecule has 1 aromatic carbocycles. The van der Waals surface area contributed by atoms with Crippen LogP contribution in [-0.2, 0) is 9.53 Å². The minimum absolute atomic E-state index is 0.134. The number of hydrogen-bond donors (Lipinski definition) is 2. The van der Waals surface area contributed by atoms with Crippen molar-refractivity contribution in [2.45, 2.75) is 6.42 Å². The molecule has 2 N–H and O–H groups in total. The average molecular weight is 422 g/mol. The Balaban J connectivity index is 1.80. The van der Waals surface area contributed by atoms with Crippen LogP contribution in [-0.4, -0.2) is 43.7 Å². The number of pyridine rings is 1. The first-order valence-electron chi connectivity index (χ1n) is 8.00. The highest BCUT2D eigenvalue weighted by molar-refractivity contribution is 9.10. The number of carbonyl (C=O) groups is 2. The van der Waals surface area contributed by atoms with E-state index in [1.165, 1.54) is 0 Å². The zero-order valence-electron chi connectivity index (χ0n) is 14.3. The van der Waals surface area contributed by atoms with Gasteiger partial charge in [-0.1, -0.05) is 15.9 Å². The SMILES string of the molecule is COCCOc1ncccc1NC(=O)CCNC(=O)c1ccc(Br)cc1. The van der Waals surface area contributed by atoms with Crippen molar-refractivity contribution in [3.05, 3.63) is 52.6 Å². The van der Waals surface area contributed by atoms with Crippen LogP contribution in [0, 0.1) is 0 Å². The van der Waals surface area contributed by atoms with E-state index in [9.17, 15) is 9.59 Å². The fourth-order valence-electron chi connectivity index (χ4n) is 2.03. The van der Waals surface area contributed by atoms with Gasteiger partial charge in [0.1, 0.15) is 12.3 Å². The van der Waals surface area contributed by atoms with Gasteiger partial charge in [-0.25, -0.2) is 4.98 Å². The van der Waals surface area contributed by atoms with Crippen LogP contribution in [0.2, 0.25) is 0 Å². The summed E-state index contributed by atoms with van der Waals surface area (Å²) in [6.07, 6.45) is 1.71. The number of hydrogen-bond acceptors (Lipinski definition) is 5.